The Kier molecular flexibility index (Phi) is 33.6. The highest BCUT2D eigenvalue weighted by Gasteiger charge is 2.51. The van der Waals surface area contributed by atoms with Crippen LogP contribution in [-0.2, 0) is 23.7 Å². The van der Waals surface area contributed by atoms with Gasteiger partial charge in [-0.3, -0.25) is 4.79 Å². The minimum Gasteiger partial charge on any atom is -0.394 e. The molecule has 12 unspecified atom stereocenters. The fourth-order valence-corrected chi connectivity index (χ4v) is 7.84. The Morgan fingerprint density at radius 3 is 1.56 bits per heavy atom. The SMILES string of the molecule is CCCCC/C=C\CCCCCCCC(=O)NC(COC1OC(CO)C(OC2OC(CO)C(O)C(O)C2O)C(O)C1O)C(O)/C=C/CC/C=C/CC/C=C/CCCCCCCCCC. The van der Waals surface area contributed by atoms with E-state index >= 15 is 0 Å². The van der Waals surface area contributed by atoms with Gasteiger partial charge < -0.3 is 65.1 Å². The van der Waals surface area contributed by atoms with Crippen LogP contribution < -0.4 is 5.32 Å². The first kappa shape index (κ1) is 58.1. The molecule has 2 fully saturated rings. The second-order valence-electron chi connectivity index (χ2n) is 17.6. The van der Waals surface area contributed by atoms with Crippen molar-refractivity contribution >= 4 is 5.91 Å². The lowest BCUT2D eigenvalue weighted by molar-refractivity contribution is -0.359. The number of aliphatic hydroxyl groups is 8. The number of aliphatic hydroxyl groups excluding tert-OH is 8. The van der Waals surface area contributed by atoms with Crippen LogP contribution in [0.25, 0.3) is 0 Å². The summed E-state index contributed by atoms with van der Waals surface area (Å²) < 4.78 is 22.6. The quantitative estimate of drug-likeness (QED) is 0.0254. The maximum Gasteiger partial charge on any atom is 0.220 e. The number of allylic oxidation sites excluding steroid dienone is 7. The summed E-state index contributed by atoms with van der Waals surface area (Å²) in [5.74, 6) is -0.266. The molecule has 0 aromatic heterocycles. The predicted molar refractivity (Wildman–Crippen MR) is 249 cm³/mol. The van der Waals surface area contributed by atoms with E-state index in [4.69, 9.17) is 18.9 Å². The molecule has 0 bridgehead atoms. The van der Waals surface area contributed by atoms with Crippen LogP contribution in [0, 0.1) is 0 Å². The largest absolute Gasteiger partial charge is 0.394 e. The molecule has 14 heteroatoms. The summed E-state index contributed by atoms with van der Waals surface area (Å²) in [5.41, 5.74) is 0. The van der Waals surface area contributed by atoms with Crippen molar-refractivity contribution in [2.24, 2.45) is 0 Å². The zero-order valence-electron chi connectivity index (χ0n) is 39.3. The van der Waals surface area contributed by atoms with E-state index < -0.39 is 86.8 Å². The van der Waals surface area contributed by atoms with Gasteiger partial charge in [0.1, 0.15) is 48.8 Å². The van der Waals surface area contributed by atoms with Gasteiger partial charge in [-0.1, -0.05) is 140 Å². The zero-order valence-corrected chi connectivity index (χ0v) is 39.3. The average Bonchev–Trinajstić information content (AvgIpc) is 3.29. The molecule has 2 aliphatic rings. The van der Waals surface area contributed by atoms with Crippen LogP contribution in [0.3, 0.4) is 0 Å². The van der Waals surface area contributed by atoms with Crippen LogP contribution >= 0.6 is 0 Å². The average molecular weight is 912 g/mol. The Labute approximate surface area is 384 Å². The molecule has 0 aliphatic carbocycles. The number of nitrogens with one attached hydrogen (secondary N) is 1. The van der Waals surface area contributed by atoms with Crippen molar-refractivity contribution in [1.29, 1.82) is 0 Å². The number of carbonyl (C=O) groups is 1. The number of amides is 1. The zero-order chi connectivity index (χ0) is 46.8. The summed E-state index contributed by atoms with van der Waals surface area (Å²) in [6.45, 7) is 2.70. The van der Waals surface area contributed by atoms with E-state index in [9.17, 15) is 45.6 Å². The first-order chi connectivity index (χ1) is 31.1. The van der Waals surface area contributed by atoms with Crippen molar-refractivity contribution in [1.82, 2.24) is 5.32 Å². The minimum atomic E-state index is -1.79. The number of unbranched alkanes of at least 4 members (excludes halogenated alkanes) is 18. The lowest BCUT2D eigenvalue weighted by Crippen LogP contribution is -2.65. The lowest BCUT2D eigenvalue weighted by atomic mass is 9.97. The fourth-order valence-electron chi connectivity index (χ4n) is 7.84. The third kappa shape index (κ3) is 24.1. The topological polar surface area (TPSA) is 228 Å². The van der Waals surface area contributed by atoms with Gasteiger partial charge in [0, 0.05) is 6.42 Å². The molecule has 0 aromatic carbocycles. The van der Waals surface area contributed by atoms with Crippen LogP contribution in [-0.4, -0.2) is 140 Å². The van der Waals surface area contributed by atoms with E-state index in [0.717, 1.165) is 64.2 Å². The number of hydrogen-bond acceptors (Lipinski definition) is 13. The van der Waals surface area contributed by atoms with Gasteiger partial charge >= 0.3 is 0 Å². The van der Waals surface area contributed by atoms with Gasteiger partial charge in [0.05, 0.1) is 32.0 Å². The van der Waals surface area contributed by atoms with Gasteiger partial charge in [-0.25, -0.2) is 0 Å². The Hall–Kier alpha value is -2.05. The van der Waals surface area contributed by atoms with E-state index in [1.807, 2.05) is 6.08 Å². The molecule has 64 heavy (non-hydrogen) atoms. The molecule has 9 N–H and O–H groups in total. The number of ether oxygens (including phenoxy) is 4. The molecule has 0 radical (unpaired) electrons. The van der Waals surface area contributed by atoms with Crippen LogP contribution in [0.5, 0.6) is 0 Å². The molecule has 2 aliphatic heterocycles. The van der Waals surface area contributed by atoms with Crippen LogP contribution in [0.1, 0.15) is 168 Å². The molecule has 2 rings (SSSR count). The van der Waals surface area contributed by atoms with Gasteiger partial charge in [0.25, 0.3) is 0 Å². The maximum absolute atomic E-state index is 13.1. The molecule has 0 aromatic rings. The highest BCUT2D eigenvalue weighted by Crippen LogP contribution is 2.30. The van der Waals surface area contributed by atoms with Crippen LogP contribution in [0.2, 0.25) is 0 Å². The Morgan fingerprint density at radius 2 is 1.00 bits per heavy atom. The molecule has 12 atom stereocenters. The standard InChI is InChI=1S/C50H89NO13/c1-3-5-7-9-11-13-15-17-18-19-20-21-22-23-25-27-29-31-33-39(54)38(51-42(55)34-32-30-28-26-24-16-14-12-10-8-6-4-2)37-61-49-47(60)45(58)48(41(36-53)63-49)64-50-46(59)44(57)43(56)40(35-52)62-50/h12,14,19-20,23,25,31,33,38-41,43-50,52-54,56-60H,3-11,13,15-18,21-22,24,26-30,32,34-37H2,1-2H3,(H,51,55)/b14-12-,20-19+,25-23+,33-31+. The molecule has 0 spiro atoms. The number of rotatable bonds is 37. The van der Waals surface area contributed by atoms with E-state index in [-0.39, 0.29) is 18.9 Å². The predicted octanol–water partition coefficient (Wildman–Crippen LogP) is 6.10. The third-order valence-corrected chi connectivity index (χ3v) is 12.0. The van der Waals surface area contributed by atoms with Gasteiger partial charge in [-0.2, -0.15) is 0 Å². The molecule has 2 saturated heterocycles. The summed E-state index contributed by atoms with van der Waals surface area (Å²) >= 11 is 0. The molecule has 2 heterocycles. The highest BCUT2D eigenvalue weighted by molar-refractivity contribution is 5.76. The summed E-state index contributed by atoms with van der Waals surface area (Å²) in [5, 5.41) is 86.6. The van der Waals surface area contributed by atoms with Crippen LogP contribution in [0.15, 0.2) is 48.6 Å². The maximum atomic E-state index is 13.1. The first-order valence-electron chi connectivity index (χ1n) is 24.9. The summed E-state index contributed by atoms with van der Waals surface area (Å²) in [7, 11) is 0. The van der Waals surface area contributed by atoms with E-state index in [0.29, 0.717) is 12.8 Å². The molecule has 14 nitrogen and oxygen atoms in total. The number of carbonyl (C=O) groups excluding carboxylic acids is 1. The van der Waals surface area contributed by atoms with E-state index in [1.165, 1.54) is 70.6 Å². The van der Waals surface area contributed by atoms with E-state index in [1.54, 1.807) is 6.08 Å². The Bertz CT molecular complexity index is 1260. The van der Waals surface area contributed by atoms with Gasteiger partial charge in [-0.05, 0) is 70.6 Å². The second kappa shape index (κ2) is 37.0. The molecular weight excluding hydrogens is 823 g/mol. The van der Waals surface area contributed by atoms with Crippen LogP contribution in [0.4, 0.5) is 0 Å². The highest BCUT2D eigenvalue weighted by atomic mass is 16.7. The summed E-state index contributed by atoms with van der Waals surface area (Å²) in [6, 6.07) is -0.940. The molecular formula is C50H89NO13. The molecule has 0 saturated carbocycles. The summed E-state index contributed by atoms with van der Waals surface area (Å²) in [4.78, 5) is 13.1. The monoisotopic (exact) mass is 912 g/mol. The van der Waals surface area contributed by atoms with Crippen molar-refractivity contribution in [3.05, 3.63) is 48.6 Å². The second-order valence-corrected chi connectivity index (χ2v) is 17.6. The van der Waals surface area contributed by atoms with Crippen molar-refractivity contribution in [3.63, 3.8) is 0 Å². The fraction of sp³-hybridized carbons (Fsp3) is 0.820. The van der Waals surface area contributed by atoms with Crippen molar-refractivity contribution < 1.29 is 64.6 Å². The van der Waals surface area contributed by atoms with Gasteiger partial charge in [0.15, 0.2) is 12.6 Å². The van der Waals surface area contributed by atoms with Crippen molar-refractivity contribution in [2.45, 2.75) is 242 Å². The smallest absolute Gasteiger partial charge is 0.220 e. The molecule has 1 amide bonds. The van der Waals surface area contributed by atoms with E-state index in [2.05, 4.69) is 55.6 Å². The van der Waals surface area contributed by atoms with Gasteiger partial charge in [0.2, 0.25) is 5.91 Å². The Morgan fingerprint density at radius 1 is 0.547 bits per heavy atom. The number of hydrogen-bond donors (Lipinski definition) is 9. The molecule has 372 valence electrons. The van der Waals surface area contributed by atoms with Crippen molar-refractivity contribution in [2.75, 3.05) is 19.8 Å². The van der Waals surface area contributed by atoms with Gasteiger partial charge in [-0.15, -0.1) is 0 Å². The lowest BCUT2D eigenvalue weighted by Gasteiger charge is -2.46. The minimum absolute atomic E-state index is 0.258. The summed E-state index contributed by atoms with van der Waals surface area (Å²) in [6.07, 6.45) is 25.8. The Balaban J connectivity index is 1.89. The third-order valence-electron chi connectivity index (χ3n) is 12.0. The normalized spacial score (nSPS) is 27.7. The van der Waals surface area contributed by atoms with Crippen molar-refractivity contribution in [3.8, 4) is 0 Å². The first-order valence-corrected chi connectivity index (χ1v) is 24.9.